The molecule has 1 amide bonds. The number of hydrogen-bond donors (Lipinski definition) is 5. The van der Waals surface area contributed by atoms with Crippen LogP contribution in [0.1, 0.15) is 27.2 Å². The number of phenolic OH excluding ortho intramolecular Hbond substituents is 1. The van der Waals surface area contributed by atoms with Gasteiger partial charge in [0.15, 0.2) is 6.67 Å². The summed E-state index contributed by atoms with van der Waals surface area (Å²) < 4.78 is 0. The van der Waals surface area contributed by atoms with Crippen LogP contribution in [0.15, 0.2) is 89.3 Å². The summed E-state index contributed by atoms with van der Waals surface area (Å²) in [6.07, 6.45) is 2.22. The average Bonchev–Trinajstić information content (AvgIpc) is 3.58. The van der Waals surface area contributed by atoms with Crippen LogP contribution < -0.4 is 21.2 Å². The number of aromatic nitrogens is 2. The van der Waals surface area contributed by atoms with E-state index in [2.05, 4.69) is 36.7 Å². The predicted molar refractivity (Wildman–Crippen MR) is 133 cm³/mol. The Labute approximate surface area is 201 Å². The van der Waals surface area contributed by atoms with Crippen LogP contribution in [-0.2, 0) is 13.0 Å². The van der Waals surface area contributed by atoms with Crippen LogP contribution in [0.2, 0.25) is 0 Å². The first-order valence-corrected chi connectivity index (χ1v) is 11.1. The monoisotopic (exact) mass is 468 g/mol. The lowest BCUT2D eigenvalue weighted by atomic mass is 10.0. The van der Waals surface area contributed by atoms with Gasteiger partial charge in [-0.05, 0) is 47.5 Å². The lowest BCUT2D eigenvalue weighted by molar-refractivity contribution is 0.102. The molecule has 10 nitrogen and oxygen atoms in total. The Morgan fingerprint density at radius 1 is 0.971 bits per heavy atom. The van der Waals surface area contributed by atoms with Gasteiger partial charge in [0.2, 0.25) is 0 Å². The molecule has 4 aromatic rings. The maximum absolute atomic E-state index is 12.9. The first-order chi connectivity index (χ1) is 17.2. The van der Waals surface area contributed by atoms with Crippen molar-refractivity contribution in [2.24, 2.45) is 10.3 Å². The number of aromatic hydroxyl groups is 1. The van der Waals surface area contributed by atoms with E-state index in [9.17, 15) is 9.90 Å². The van der Waals surface area contributed by atoms with Gasteiger partial charge < -0.3 is 15.7 Å². The van der Waals surface area contributed by atoms with Crippen LogP contribution in [0, 0.1) is 0 Å². The number of carbonyl (C=O) groups is 1. The minimum Gasteiger partial charge on any atom is -0.508 e. The first-order valence-electron chi connectivity index (χ1n) is 11.1. The number of carbonyl (C=O) groups excluding carboxylic acids is 1. The molecule has 5 rings (SSSR count). The van der Waals surface area contributed by atoms with E-state index in [1.165, 1.54) is 0 Å². The van der Waals surface area contributed by atoms with E-state index in [4.69, 9.17) is 0 Å². The van der Waals surface area contributed by atoms with Gasteiger partial charge >= 0.3 is 0 Å². The number of rotatable bonds is 8. The molecule has 1 aromatic heterocycles. The predicted octanol–water partition coefficient (Wildman–Crippen LogP) is 4.22. The van der Waals surface area contributed by atoms with E-state index in [0.29, 0.717) is 31.0 Å². The van der Waals surface area contributed by atoms with Crippen LogP contribution in [0.4, 0.5) is 17.1 Å². The highest BCUT2D eigenvalue weighted by atomic mass is 16.3. The minimum atomic E-state index is -0.279. The summed E-state index contributed by atoms with van der Waals surface area (Å²) in [6.45, 7) is 0.843. The maximum atomic E-state index is 12.9. The number of benzene rings is 3. The zero-order chi connectivity index (χ0) is 24.0. The molecule has 0 spiro atoms. The molecule has 1 aliphatic rings. The number of hydrazine groups is 1. The fourth-order valence-electron chi connectivity index (χ4n) is 3.81. The van der Waals surface area contributed by atoms with E-state index in [1.54, 1.807) is 23.3 Å². The summed E-state index contributed by atoms with van der Waals surface area (Å²) in [5, 5.41) is 32.7. The van der Waals surface area contributed by atoms with Crippen molar-refractivity contribution < 1.29 is 9.90 Å². The van der Waals surface area contributed by atoms with Crippen molar-refractivity contribution in [3.8, 4) is 5.75 Å². The normalized spacial score (nSPS) is 12.4. The summed E-state index contributed by atoms with van der Waals surface area (Å²) >= 11 is 0. The molecule has 5 N–H and O–H groups in total. The smallest absolute Gasteiger partial charge is 0.274 e. The standard InChI is InChI=1S/C25H24N8O2/c34-23-8-4-2-6-18(23)13-17-5-1-3-7-22(17)26-14-19-15-27-30-24(19)25(35)29-20-9-11-21(12-10-20)33-16-28-31-32-33/h1-12,15,26,34H,13-14,16H2,(H,27,30)(H,28,32)(H,29,35). The zero-order valence-corrected chi connectivity index (χ0v) is 18.8. The summed E-state index contributed by atoms with van der Waals surface area (Å²) in [4.78, 5) is 12.9. The number of para-hydroxylation sites is 2. The Balaban J connectivity index is 1.24. The molecule has 0 unspecified atom stereocenters. The van der Waals surface area contributed by atoms with Crippen molar-refractivity contribution in [2.45, 2.75) is 13.0 Å². The molecule has 0 aliphatic carbocycles. The van der Waals surface area contributed by atoms with Crippen molar-refractivity contribution in [2.75, 3.05) is 22.3 Å². The highest BCUT2D eigenvalue weighted by molar-refractivity contribution is 6.03. The van der Waals surface area contributed by atoms with Gasteiger partial charge in [-0.3, -0.25) is 9.89 Å². The second-order valence-corrected chi connectivity index (χ2v) is 8.00. The summed E-state index contributed by atoms with van der Waals surface area (Å²) in [6, 6.07) is 22.6. The van der Waals surface area contributed by atoms with Crippen molar-refractivity contribution in [1.29, 1.82) is 0 Å². The van der Waals surface area contributed by atoms with Gasteiger partial charge in [-0.2, -0.15) is 10.6 Å². The molecule has 1 aliphatic heterocycles. The molecule has 0 saturated heterocycles. The second-order valence-electron chi connectivity index (χ2n) is 8.00. The van der Waals surface area contributed by atoms with Crippen LogP contribution in [-0.4, -0.2) is 27.9 Å². The fraction of sp³-hybridized carbons (Fsp3) is 0.120. The largest absolute Gasteiger partial charge is 0.508 e. The third kappa shape index (κ3) is 5.06. The Bertz CT molecular complexity index is 1340. The molecule has 35 heavy (non-hydrogen) atoms. The molecule has 0 radical (unpaired) electrons. The maximum Gasteiger partial charge on any atom is 0.274 e. The van der Waals surface area contributed by atoms with E-state index >= 15 is 0 Å². The van der Waals surface area contributed by atoms with Crippen LogP contribution in [0.5, 0.6) is 5.75 Å². The summed E-state index contributed by atoms with van der Waals surface area (Å²) in [5.74, 6) is -0.00957. The van der Waals surface area contributed by atoms with Gasteiger partial charge in [0.25, 0.3) is 5.91 Å². The highest BCUT2D eigenvalue weighted by Crippen LogP contribution is 2.25. The molecular formula is C25H24N8O2. The van der Waals surface area contributed by atoms with Gasteiger partial charge in [-0.25, -0.2) is 5.01 Å². The van der Waals surface area contributed by atoms with Crippen LogP contribution in [0.25, 0.3) is 0 Å². The molecule has 3 aromatic carbocycles. The van der Waals surface area contributed by atoms with Gasteiger partial charge in [0.1, 0.15) is 11.4 Å². The number of amides is 1. The molecule has 176 valence electrons. The molecule has 0 fully saturated rings. The Morgan fingerprint density at radius 3 is 2.51 bits per heavy atom. The van der Waals surface area contributed by atoms with Crippen molar-refractivity contribution in [3.05, 3.63) is 101 Å². The summed E-state index contributed by atoms with van der Waals surface area (Å²) in [7, 11) is 0. The van der Waals surface area contributed by atoms with E-state index < -0.39 is 0 Å². The van der Waals surface area contributed by atoms with E-state index in [0.717, 1.165) is 28.1 Å². The lowest BCUT2D eigenvalue weighted by Gasteiger charge is -2.15. The first kappa shape index (κ1) is 22.0. The third-order valence-electron chi connectivity index (χ3n) is 5.68. The Morgan fingerprint density at radius 2 is 1.74 bits per heavy atom. The molecule has 0 atom stereocenters. The number of hydrogen-bond acceptors (Lipinski definition) is 8. The highest BCUT2D eigenvalue weighted by Gasteiger charge is 2.16. The van der Waals surface area contributed by atoms with Crippen LogP contribution in [0.3, 0.4) is 0 Å². The van der Waals surface area contributed by atoms with Crippen molar-refractivity contribution in [3.63, 3.8) is 0 Å². The minimum absolute atomic E-state index is 0.269. The number of phenols is 1. The number of H-pyrrole nitrogens is 1. The molecular weight excluding hydrogens is 444 g/mol. The fourth-order valence-corrected chi connectivity index (χ4v) is 3.81. The average molecular weight is 469 g/mol. The Hall–Kier alpha value is -4.86. The third-order valence-corrected chi connectivity index (χ3v) is 5.68. The molecule has 10 heteroatoms. The number of nitrogens with zero attached hydrogens (tertiary/aromatic N) is 4. The van der Waals surface area contributed by atoms with E-state index in [1.807, 2.05) is 60.7 Å². The molecule has 0 bridgehead atoms. The second kappa shape index (κ2) is 9.96. The van der Waals surface area contributed by atoms with Gasteiger partial charge in [0.05, 0.1) is 11.9 Å². The Kier molecular flexibility index (Phi) is 6.25. The molecule has 0 saturated carbocycles. The van der Waals surface area contributed by atoms with E-state index in [-0.39, 0.29) is 11.7 Å². The topological polar surface area (TPSA) is 130 Å². The number of nitrogens with one attached hydrogen (secondary N) is 4. The van der Waals surface area contributed by atoms with Crippen molar-refractivity contribution >= 4 is 23.0 Å². The summed E-state index contributed by atoms with van der Waals surface area (Å²) in [5.41, 5.74) is 8.27. The zero-order valence-electron chi connectivity index (χ0n) is 18.8. The molecule has 2 heterocycles. The SMILES string of the molecule is O=C(Nc1ccc(N2CN=NN2)cc1)c1[nH]ncc1CNc1ccccc1Cc1ccccc1O. The van der Waals surface area contributed by atoms with Gasteiger partial charge in [0, 0.05) is 29.9 Å². The van der Waals surface area contributed by atoms with Crippen molar-refractivity contribution in [1.82, 2.24) is 15.7 Å². The lowest BCUT2D eigenvalue weighted by Crippen LogP contribution is -2.29. The number of anilines is 3. The van der Waals surface area contributed by atoms with Crippen LogP contribution >= 0.6 is 0 Å². The quantitative estimate of drug-likeness (QED) is 0.263. The number of aromatic amines is 1. The van der Waals surface area contributed by atoms with Gasteiger partial charge in [-0.1, -0.05) is 41.6 Å². The van der Waals surface area contributed by atoms with Gasteiger partial charge in [-0.15, -0.1) is 5.11 Å².